The number of benzene rings is 1. The van der Waals surface area contributed by atoms with Gasteiger partial charge in [0.05, 0.1) is 16.8 Å². The van der Waals surface area contributed by atoms with Gasteiger partial charge in [-0.05, 0) is 43.8 Å². The lowest BCUT2D eigenvalue weighted by Crippen LogP contribution is -2.40. The maximum absolute atomic E-state index is 12.8. The molecule has 1 aromatic carbocycles. The Morgan fingerprint density at radius 3 is 2.83 bits per heavy atom. The molecule has 1 saturated heterocycles. The predicted molar refractivity (Wildman–Crippen MR) is 97.8 cm³/mol. The number of hydrogen-bond donors (Lipinski definition) is 0. The summed E-state index contributed by atoms with van der Waals surface area (Å²) in [5, 5.41) is 1.08. The maximum Gasteiger partial charge on any atom is 0.244 e. The quantitative estimate of drug-likeness (QED) is 0.812. The molecule has 1 unspecified atom stereocenters. The van der Waals surface area contributed by atoms with Crippen molar-refractivity contribution in [1.29, 1.82) is 0 Å². The molecular weight excluding hydrogens is 345 g/mol. The van der Waals surface area contributed by atoms with Crippen molar-refractivity contribution in [2.24, 2.45) is 0 Å². The highest BCUT2D eigenvalue weighted by atomic mass is 35.5. The molecule has 1 amide bonds. The number of carbonyl (C=O) groups excluding carboxylic acids is 1. The SMILES string of the molecule is CN(CCc1ccccn1)C1CCN(c2ccc(Cl)cc2Cl)C1=O. The monoisotopic (exact) mass is 363 g/mol. The molecule has 6 heteroatoms. The van der Waals surface area contributed by atoms with Gasteiger partial charge in [0, 0.05) is 36.4 Å². The normalized spacial score (nSPS) is 17.8. The van der Waals surface area contributed by atoms with Crippen molar-refractivity contribution < 1.29 is 4.79 Å². The van der Waals surface area contributed by atoms with E-state index in [2.05, 4.69) is 9.88 Å². The summed E-state index contributed by atoms with van der Waals surface area (Å²) in [6, 6.07) is 11.0. The molecule has 1 atom stereocenters. The van der Waals surface area contributed by atoms with Crippen LogP contribution in [0.25, 0.3) is 0 Å². The first kappa shape index (κ1) is 17.2. The molecule has 1 aliphatic heterocycles. The first-order valence-electron chi connectivity index (χ1n) is 7.93. The van der Waals surface area contributed by atoms with Gasteiger partial charge in [0.1, 0.15) is 0 Å². The van der Waals surface area contributed by atoms with Crippen LogP contribution < -0.4 is 4.90 Å². The first-order chi connectivity index (χ1) is 11.6. The smallest absolute Gasteiger partial charge is 0.244 e. The largest absolute Gasteiger partial charge is 0.310 e. The number of halogens is 2. The molecule has 0 saturated carbocycles. The molecule has 0 spiro atoms. The number of nitrogens with zero attached hydrogens (tertiary/aromatic N) is 3. The first-order valence-corrected chi connectivity index (χ1v) is 8.68. The zero-order chi connectivity index (χ0) is 17.1. The van der Waals surface area contributed by atoms with Crippen LogP contribution in [0.3, 0.4) is 0 Å². The lowest BCUT2D eigenvalue weighted by molar-refractivity contribution is -0.121. The molecular formula is C18H19Cl2N3O. The fourth-order valence-corrected chi connectivity index (χ4v) is 3.52. The van der Waals surface area contributed by atoms with Crippen molar-refractivity contribution in [2.45, 2.75) is 18.9 Å². The molecule has 1 aliphatic rings. The number of carbonyl (C=O) groups is 1. The average molecular weight is 364 g/mol. The fraction of sp³-hybridized carbons (Fsp3) is 0.333. The van der Waals surface area contributed by atoms with Gasteiger partial charge in [0.15, 0.2) is 0 Å². The maximum atomic E-state index is 12.8. The average Bonchev–Trinajstić information content (AvgIpc) is 2.95. The third-order valence-electron chi connectivity index (χ3n) is 4.36. The molecule has 24 heavy (non-hydrogen) atoms. The van der Waals surface area contributed by atoms with E-state index in [1.165, 1.54) is 0 Å². The van der Waals surface area contributed by atoms with E-state index in [0.29, 0.717) is 16.6 Å². The summed E-state index contributed by atoms with van der Waals surface area (Å²) in [4.78, 5) is 20.9. The summed E-state index contributed by atoms with van der Waals surface area (Å²) in [6.07, 6.45) is 3.40. The summed E-state index contributed by atoms with van der Waals surface area (Å²) >= 11 is 12.2. The molecule has 2 heterocycles. The van der Waals surface area contributed by atoms with E-state index in [1.807, 2.05) is 25.2 Å². The minimum atomic E-state index is -0.125. The van der Waals surface area contributed by atoms with Crippen LogP contribution in [0, 0.1) is 0 Å². The van der Waals surface area contributed by atoms with Gasteiger partial charge in [-0.1, -0.05) is 29.3 Å². The topological polar surface area (TPSA) is 36.4 Å². The molecule has 0 bridgehead atoms. The van der Waals surface area contributed by atoms with Crippen LogP contribution >= 0.6 is 23.2 Å². The lowest BCUT2D eigenvalue weighted by atomic mass is 10.2. The molecule has 0 radical (unpaired) electrons. The van der Waals surface area contributed by atoms with Crippen molar-refractivity contribution >= 4 is 34.8 Å². The highest BCUT2D eigenvalue weighted by molar-refractivity contribution is 6.36. The lowest BCUT2D eigenvalue weighted by Gasteiger charge is -2.24. The third kappa shape index (κ3) is 3.72. The minimum Gasteiger partial charge on any atom is -0.310 e. The molecule has 126 valence electrons. The fourth-order valence-electron chi connectivity index (χ4n) is 3.01. The van der Waals surface area contributed by atoms with Crippen LogP contribution in [0.2, 0.25) is 10.0 Å². The number of likely N-dealkylation sites (N-methyl/N-ethyl adjacent to an activating group) is 1. The van der Waals surface area contributed by atoms with Crippen LogP contribution in [0.15, 0.2) is 42.6 Å². The standard InChI is InChI=1S/C18H19Cl2N3O/c1-22(10-7-14-4-2-3-9-21-14)17-8-11-23(18(17)24)16-6-5-13(19)12-15(16)20/h2-6,9,12,17H,7-8,10-11H2,1H3. The zero-order valence-electron chi connectivity index (χ0n) is 13.5. The van der Waals surface area contributed by atoms with E-state index in [4.69, 9.17) is 23.2 Å². The summed E-state index contributed by atoms with van der Waals surface area (Å²) in [7, 11) is 1.98. The second-order valence-electron chi connectivity index (χ2n) is 5.94. The van der Waals surface area contributed by atoms with Crippen molar-refractivity contribution in [2.75, 3.05) is 25.0 Å². The van der Waals surface area contributed by atoms with E-state index in [-0.39, 0.29) is 11.9 Å². The number of rotatable bonds is 5. The summed E-state index contributed by atoms with van der Waals surface area (Å²) in [5.74, 6) is 0.0859. The summed E-state index contributed by atoms with van der Waals surface area (Å²) in [5.41, 5.74) is 1.76. The Labute approximate surface area is 152 Å². The van der Waals surface area contributed by atoms with Crippen molar-refractivity contribution in [1.82, 2.24) is 9.88 Å². The summed E-state index contributed by atoms with van der Waals surface area (Å²) < 4.78 is 0. The van der Waals surface area contributed by atoms with Gasteiger partial charge in [0.25, 0.3) is 0 Å². The number of anilines is 1. The highest BCUT2D eigenvalue weighted by Crippen LogP contribution is 2.32. The zero-order valence-corrected chi connectivity index (χ0v) is 15.0. The molecule has 2 aromatic rings. The Morgan fingerprint density at radius 2 is 2.12 bits per heavy atom. The van der Waals surface area contributed by atoms with Gasteiger partial charge in [-0.25, -0.2) is 0 Å². The van der Waals surface area contributed by atoms with Crippen LogP contribution in [-0.4, -0.2) is 42.0 Å². The van der Waals surface area contributed by atoms with Gasteiger partial charge in [-0.3, -0.25) is 14.7 Å². The predicted octanol–water partition coefficient (Wildman–Crippen LogP) is 3.67. The van der Waals surface area contributed by atoms with E-state index in [1.54, 1.807) is 29.3 Å². The van der Waals surface area contributed by atoms with Crippen LogP contribution in [0.1, 0.15) is 12.1 Å². The van der Waals surface area contributed by atoms with Crippen molar-refractivity contribution in [3.63, 3.8) is 0 Å². The minimum absolute atomic E-state index is 0.0859. The second-order valence-corrected chi connectivity index (χ2v) is 6.79. The van der Waals surface area contributed by atoms with E-state index in [9.17, 15) is 4.79 Å². The molecule has 0 N–H and O–H groups in total. The van der Waals surface area contributed by atoms with Gasteiger partial charge < -0.3 is 4.90 Å². The Morgan fingerprint density at radius 1 is 1.29 bits per heavy atom. The van der Waals surface area contributed by atoms with E-state index in [0.717, 1.165) is 30.8 Å². The van der Waals surface area contributed by atoms with E-state index < -0.39 is 0 Å². The Kier molecular flexibility index (Phi) is 5.39. The molecule has 3 rings (SSSR count). The van der Waals surface area contributed by atoms with Crippen LogP contribution in [-0.2, 0) is 11.2 Å². The highest BCUT2D eigenvalue weighted by Gasteiger charge is 2.35. The molecule has 1 fully saturated rings. The van der Waals surface area contributed by atoms with Gasteiger partial charge in [0.2, 0.25) is 5.91 Å². The molecule has 4 nitrogen and oxygen atoms in total. The number of amides is 1. The number of hydrogen-bond acceptors (Lipinski definition) is 3. The second kappa shape index (κ2) is 7.51. The Hall–Kier alpha value is -1.62. The van der Waals surface area contributed by atoms with Gasteiger partial charge >= 0.3 is 0 Å². The van der Waals surface area contributed by atoms with Gasteiger partial charge in [-0.2, -0.15) is 0 Å². The molecule has 1 aromatic heterocycles. The van der Waals surface area contributed by atoms with E-state index >= 15 is 0 Å². The summed E-state index contributed by atoms with van der Waals surface area (Å²) in [6.45, 7) is 1.45. The number of aromatic nitrogens is 1. The van der Waals surface area contributed by atoms with Crippen molar-refractivity contribution in [3.05, 3.63) is 58.3 Å². The molecule has 0 aliphatic carbocycles. The third-order valence-corrected chi connectivity index (χ3v) is 4.89. The Bertz CT molecular complexity index is 723. The van der Waals surface area contributed by atoms with Crippen LogP contribution in [0.4, 0.5) is 5.69 Å². The van der Waals surface area contributed by atoms with Crippen molar-refractivity contribution in [3.8, 4) is 0 Å². The van der Waals surface area contributed by atoms with Crippen LogP contribution in [0.5, 0.6) is 0 Å². The van der Waals surface area contributed by atoms with Gasteiger partial charge in [-0.15, -0.1) is 0 Å². The Balaban J connectivity index is 1.65. The number of pyridine rings is 1.